The molecule has 7 nitrogen and oxygen atoms in total. The molecule has 0 spiro atoms. The lowest BCUT2D eigenvalue weighted by Gasteiger charge is -2.07. The maximum Gasteiger partial charge on any atom is 0.335 e. The largest absolute Gasteiger partial charge is 0.478 e. The fraction of sp³-hybridized carbons (Fsp3) is 0.0588. The number of carboxylic acid groups (broad SMARTS) is 1. The summed E-state index contributed by atoms with van der Waals surface area (Å²) in [5.74, 6) is -0.363. The molecular weight excluding hydrogens is 306 g/mol. The lowest BCUT2D eigenvalue weighted by Crippen LogP contribution is -2.01. The van der Waals surface area contributed by atoms with Crippen LogP contribution in [0.3, 0.4) is 0 Å². The SMILES string of the molecule is O=C(O)c1cccc(Cn2ccc3cc(-c4nn[nH]n4)ccc32)c1. The molecule has 24 heavy (non-hydrogen) atoms. The van der Waals surface area contributed by atoms with E-state index >= 15 is 0 Å². The van der Waals surface area contributed by atoms with E-state index < -0.39 is 5.97 Å². The summed E-state index contributed by atoms with van der Waals surface area (Å²) in [4.78, 5) is 11.1. The van der Waals surface area contributed by atoms with Gasteiger partial charge in [-0.15, -0.1) is 10.2 Å². The molecule has 2 heterocycles. The monoisotopic (exact) mass is 319 g/mol. The summed E-state index contributed by atoms with van der Waals surface area (Å²) in [6.07, 6.45) is 1.98. The van der Waals surface area contributed by atoms with Crippen molar-refractivity contribution in [3.05, 3.63) is 65.9 Å². The van der Waals surface area contributed by atoms with Gasteiger partial charge in [0.25, 0.3) is 0 Å². The number of nitrogens with one attached hydrogen (secondary N) is 1. The Labute approximate surface area is 136 Å². The number of hydrogen-bond acceptors (Lipinski definition) is 4. The van der Waals surface area contributed by atoms with Crippen molar-refractivity contribution in [1.82, 2.24) is 25.2 Å². The third kappa shape index (κ3) is 2.52. The van der Waals surface area contributed by atoms with Crippen LogP contribution in [0.5, 0.6) is 0 Å². The van der Waals surface area contributed by atoms with Gasteiger partial charge in [0.2, 0.25) is 5.82 Å². The van der Waals surface area contributed by atoms with E-state index in [1.165, 1.54) is 0 Å². The van der Waals surface area contributed by atoms with Gasteiger partial charge in [-0.2, -0.15) is 5.21 Å². The van der Waals surface area contributed by atoms with Crippen molar-refractivity contribution in [2.24, 2.45) is 0 Å². The summed E-state index contributed by atoms with van der Waals surface area (Å²) >= 11 is 0. The molecule has 0 radical (unpaired) electrons. The average Bonchev–Trinajstić information content (AvgIpc) is 3.25. The first-order valence-electron chi connectivity index (χ1n) is 7.36. The third-order valence-corrected chi connectivity index (χ3v) is 3.90. The number of hydrogen-bond donors (Lipinski definition) is 2. The summed E-state index contributed by atoms with van der Waals surface area (Å²) in [5, 5.41) is 24.2. The van der Waals surface area contributed by atoms with Crippen molar-refractivity contribution in [3.8, 4) is 11.4 Å². The van der Waals surface area contributed by atoms with Crippen LogP contribution in [0.4, 0.5) is 0 Å². The van der Waals surface area contributed by atoms with E-state index in [1.807, 2.05) is 36.5 Å². The molecule has 4 aromatic rings. The number of nitrogens with zero attached hydrogens (tertiary/aromatic N) is 4. The average molecular weight is 319 g/mol. The second kappa shape index (κ2) is 5.62. The fourth-order valence-electron chi connectivity index (χ4n) is 2.76. The van der Waals surface area contributed by atoms with Gasteiger partial charge in [-0.3, -0.25) is 0 Å². The van der Waals surface area contributed by atoms with E-state index in [0.29, 0.717) is 17.9 Å². The first-order chi connectivity index (χ1) is 11.7. The second-order valence-electron chi connectivity index (χ2n) is 5.46. The molecule has 2 aromatic heterocycles. The van der Waals surface area contributed by atoms with E-state index in [-0.39, 0.29) is 0 Å². The molecule has 0 saturated heterocycles. The molecule has 7 heteroatoms. The first-order valence-corrected chi connectivity index (χ1v) is 7.36. The smallest absolute Gasteiger partial charge is 0.335 e. The van der Waals surface area contributed by atoms with Gasteiger partial charge in [-0.05, 0) is 47.2 Å². The number of carbonyl (C=O) groups is 1. The minimum atomic E-state index is -0.918. The Kier molecular flexibility index (Phi) is 3.31. The number of aromatic carboxylic acids is 1. The van der Waals surface area contributed by atoms with Crippen LogP contribution >= 0.6 is 0 Å². The molecule has 2 N–H and O–H groups in total. The van der Waals surface area contributed by atoms with Crippen LogP contribution in [0.1, 0.15) is 15.9 Å². The van der Waals surface area contributed by atoms with Crippen LogP contribution in [-0.2, 0) is 6.54 Å². The van der Waals surface area contributed by atoms with E-state index in [1.54, 1.807) is 18.2 Å². The summed E-state index contributed by atoms with van der Waals surface area (Å²) < 4.78 is 2.08. The Morgan fingerprint density at radius 3 is 2.88 bits per heavy atom. The predicted octanol–water partition coefficient (Wildman–Crippen LogP) is 2.57. The molecule has 0 aliphatic carbocycles. The van der Waals surface area contributed by atoms with Gasteiger partial charge >= 0.3 is 5.97 Å². The lowest BCUT2D eigenvalue weighted by atomic mass is 10.1. The second-order valence-corrected chi connectivity index (χ2v) is 5.46. The van der Waals surface area contributed by atoms with E-state index in [9.17, 15) is 4.79 Å². The van der Waals surface area contributed by atoms with Crippen LogP contribution < -0.4 is 0 Å². The number of fused-ring (bicyclic) bond motifs is 1. The highest BCUT2D eigenvalue weighted by Crippen LogP contribution is 2.23. The Morgan fingerprint density at radius 1 is 1.17 bits per heavy atom. The Morgan fingerprint density at radius 2 is 2.08 bits per heavy atom. The fourth-order valence-corrected chi connectivity index (χ4v) is 2.76. The van der Waals surface area contributed by atoms with Crippen LogP contribution in [0.2, 0.25) is 0 Å². The highest BCUT2D eigenvalue weighted by Gasteiger charge is 2.08. The number of tetrazole rings is 1. The molecule has 0 bridgehead atoms. The molecule has 0 fully saturated rings. The summed E-state index contributed by atoms with van der Waals surface area (Å²) in [6, 6.07) is 14.9. The molecule has 0 unspecified atom stereocenters. The van der Waals surface area contributed by atoms with E-state index in [4.69, 9.17) is 5.11 Å². The topological polar surface area (TPSA) is 96.7 Å². The summed E-state index contributed by atoms with van der Waals surface area (Å²) in [7, 11) is 0. The quantitative estimate of drug-likeness (QED) is 0.602. The molecule has 118 valence electrons. The van der Waals surface area contributed by atoms with Crippen LogP contribution in [0, 0.1) is 0 Å². The number of carboxylic acids is 1. The Hall–Kier alpha value is -3.48. The maximum absolute atomic E-state index is 11.1. The molecule has 0 amide bonds. The molecule has 0 aliphatic heterocycles. The van der Waals surface area contributed by atoms with Gasteiger partial charge in [0.05, 0.1) is 5.56 Å². The normalized spacial score (nSPS) is 11.0. The standard InChI is InChI=1S/C17H13N5O2/c23-17(24)14-3-1-2-11(8-14)10-22-7-6-12-9-13(4-5-15(12)22)16-18-20-21-19-16/h1-9H,10H2,(H,23,24)(H,18,19,20,21). The Balaban J connectivity index is 1.68. The Bertz CT molecular complexity index is 1020. The zero-order valence-electron chi connectivity index (χ0n) is 12.5. The van der Waals surface area contributed by atoms with Crippen molar-refractivity contribution in [2.75, 3.05) is 0 Å². The predicted molar refractivity (Wildman–Crippen MR) is 87.6 cm³/mol. The van der Waals surface area contributed by atoms with Gasteiger partial charge in [-0.1, -0.05) is 12.1 Å². The minimum Gasteiger partial charge on any atom is -0.478 e. The van der Waals surface area contributed by atoms with Crippen molar-refractivity contribution in [2.45, 2.75) is 6.54 Å². The van der Waals surface area contributed by atoms with Crippen molar-refractivity contribution in [3.63, 3.8) is 0 Å². The number of aromatic nitrogens is 5. The number of rotatable bonds is 4. The molecule has 0 saturated carbocycles. The van der Waals surface area contributed by atoms with Gasteiger partial charge in [0.1, 0.15) is 0 Å². The zero-order valence-corrected chi connectivity index (χ0v) is 12.5. The van der Waals surface area contributed by atoms with Crippen molar-refractivity contribution in [1.29, 1.82) is 0 Å². The number of benzene rings is 2. The number of H-pyrrole nitrogens is 1. The zero-order chi connectivity index (χ0) is 16.5. The molecule has 4 rings (SSSR count). The van der Waals surface area contributed by atoms with Gasteiger partial charge in [0, 0.05) is 29.2 Å². The summed E-state index contributed by atoms with van der Waals surface area (Å²) in [6.45, 7) is 0.603. The maximum atomic E-state index is 11.1. The molecule has 2 aromatic carbocycles. The highest BCUT2D eigenvalue weighted by molar-refractivity contribution is 5.88. The minimum absolute atomic E-state index is 0.295. The molecular formula is C17H13N5O2. The highest BCUT2D eigenvalue weighted by atomic mass is 16.4. The van der Waals surface area contributed by atoms with Crippen LogP contribution in [0.25, 0.3) is 22.3 Å². The third-order valence-electron chi connectivity index (χ3n) is 3.90. The molecule has 0 atom stereocenters. The van der Waals surface area contributed by atoms with E-state index in [2.05, 4.69) is 25.2 Å². The van der Waals surface area contributed by atoms with Crippen LogP contribution in [0.15, 0.2) is 54.7 Å². The van der Waals surface area contributed by atoms with Crippen molar-refractivity contribution >= 4 is 16.9 Å². The van der Waals surface area contributed by atoms with Gasteiger partial charge in [-0.25, -0.2) is 4.79 Å². The van der Waals surface area contributed by atoms with Gasteiger partial charge < -0.3 is 9.67 Å². The first kappa shape index (κ1) is 14.1. The number of aromatic amines is 1. The van der Waals surface area contributed by atoms with Gasteiger partial charge in [0.15, 0.2) is 0 Å². The van der Waals surface area contributed by atoms with Crippen molar-refractivity contribution < 1.29 is 9.90 Å². The van der Waals surface area contributed by atoms with E-state index in [0.717, 1.165) is 22.0 Å². The lowest BCUT2D eigenvalue weighted by molar-refractivity contribution is 0.0696. The van der Waals surface area contributed by atoms with Crippen LogP contribution in [-0.4, -0.2) is 36.3 Å². The summed E-state index contributed by atoms with van der Waals surface area (Å²) in [5.41, 5.74) is 3.18. The molecule has 0 aliphatic rings.